The van der Waals surface area contributed by atoms with Gasteiger partial charge in [0.05, 0.1) is 53.8 Å². The van der Waals surface area contributed by atoms with Crippen LogP contribution in [0.15, 0.2) is 78.9 Å². The fourth-order valence-corrected chi connectivity index (χ4v) is 7.97. The Labute approximate surface area is 301 Å². The minimum Gasteiger partial charge on any atom is -0.507 e. The van der Waals surface area contributed by atoms with Gasteiger partial charge in [0, 0.05) is 55.1 Å². The van der Waals surface area contributed by atoms with Gasteiger partial charge in [-0.2, -0.15) is 0 Å². The van der Waals surface area contributed by atoms with Gasteiger partial charge in [0.15, 0.2) is 12.1 Å². The van der Waals surface area contributed by atoms with E-state index in [-0.39, 0.29) is 47.3 Å². The van der Waals surface area contributed by atoms with E-state index in [1.165, 1.54) is 26.2 Å². The molecule has 2 aliphatic carbocycles. The van der Waals surface area contributed by atoms with Crippen LogP contribution in [0.5, 0.6) is 17.2 Å². The smallest absolute Gasteiger partial charge is 0.202 e. The zero-order valence-corrected chi connectivity index (χ0v) is 29.2. The summed E-state index contributed by atoms with van der Waals surface area (Å²) in [5, 5.41) is 57.7. The van der Waals surface area contributed by atoms with Crippen molar-refractivity contribution in [1.29, 1.82) is 0 Å². The second kappa shape index (κ2) is 14.1. The predicted molar refractivity (Wildman–Crippen MR) is 189 cm³/mol. The van der Waals surface area contributed by atoms with Gasteiger partial charge in [-0.05, 0) is 31.0 Å². The van der Waals surface area contributed by atoms with Gasteiger partial charge in [0.1, 0.15) is 17.2 Å². The third-order valence-corrected chi connectivity index (χ3v) is 10.8. The predicted octanol–water partition coefficient (Wildman–Crippen LogP) is 4.56. The molecule has 52 heavy (non-hydrogen) atoms. The zero-order valence-electron chi connectivity index (χ0n) is 29.2. The van der Waals surface area contributed by atoms with E-state index in [9.17, 15) is 35.1 Å². The van der Waals surface area contributed by atoms with Gasteiger partial charge >= 0.3 is 0 Å². The number of methoxy groups -OCH3 is 1. The number of carbonyl (C=O) groups is 2. The number of phenolic OH excluding ortho intramolecular Hbond substituents is 2. The zero-order chi connectivity index (χ0) is 36.9. The highest BCUT2D eigenvalue weighted by Crippen LogP contribution is 2.53. The number of carbonyl (C=O) groups excluding carboxylic acids is 2. The third kappa shape index (κ3) is 6.27. The number of hydrogen-bond donors (Lipinski definition) is 5. The minimum atomic E-state index is -1.84. The number of hydrogen-bond acceptors (Lipinski definition) is 11. The summed E-state index contributed by atoms with van der Waals surface area (Å²) < 4.78 is 18.2. The van der Waals surface area contributed by atoms with Gasteiger partial charge in [-0.25, -0.2) is 0 Å². The van der Waals surface area contributed by atoms with Gasteiger partial charge in [0.25, 0.3) is 0 Å². The second-order valence-corrected chi connectivity index (χ2v) is 14.1. The molecule has 0 aromatic heterocycles. The monoisotopic (exact) mass is 709 g/mol. The molecular formula is C41H43NO10. The fourth-order valence-electron chi connectivity index (χ4n) is 7.97. The molecule has 5 N–H and O–H groups in total. The number of ketones is 2. The summed E-state index contributed by atoms with van der Waals surface area (Å²) in [6.45, 7) is 4.19. The van der Waals surface area contributed by atoms with Gasteiger partial charge in [-0.15, -0.1) is 0 Å². The van der Waals surface area contributed by atoms with Gasteiger partial charge in [0.2, 0.25) is 5.78 Å². The van der Waals surface area contributed by atoms with Gasteiger partial charge < -0.3 is 39.7 Å². The quantitative estimate of drug-likeness (QED) is 0.136. The van der Waals surface area contributed by atoms with E-state index in [1.807, 2.05) is 60.7 Å². The number of aromatic hydroxyl groups is 2. The van der Waals surface area contributed by atoms with E-state index >= 15 is 0 Å². The molecule has 4 aromatic carbocycles. The normalized spacial score (nSPS) is 26.0. The lowest BCUT2D eigenvalue weighted by Gasteiger charge is -2.46. The van der Waals surface area contributed by atoms with Crippen molar-refractivity contribution in [1.82, 2.24) is 4.90 Å². The molecule has 0 bridgehead atoms. The number of fused-ring (bicyclic) bond motifs is 3. The van der Waals surface area contributed by atoms with Gasteiger partial charge in [-0.1, -0.05) is 72.8 Å². The van der Waals surface area contributed by atoms with E-state index in [1.54, 1.807) is 13.0 Å². The lowest BCUT2D eigenvalue weighted by molar-refractivity contribution is -0.262. The number of ether oxygens (including phenoxy) is 3. The number of aliphatic hydroxyl groups is 3. The molecule has 1 aliphatic heterocycles. The number of rotatable bonds is 9. The van der Waals surface area contributed by atoms with Crippen molar-refractivity contribution in [2.45, 2.75) is 88.5 Å². The van der Waals surface area contributed by atoms with E-state index in [0.29, 0.717) is 13.1 Å². The topological polar surface area (TPSA) is 166 Å². The summed E-state index contributed by atoms with van der Waals surface area (Å²) in [5.74, 6) is -2.41. The van der Waals surface area contributed by atoms with Crippen LogP contribution in [0.2, 0.25) is 0 Å². The van der Waals surface area contributed by atoms with Crippen molar-refractivity contribution in [3.8, 4) is 17.2 Å². The minimum absolute atomic E-state index is 0.00523. The van der Waals surface area contributed by atoms with Gasteiger partial charge in [-0.3, -0.25) is 14.5 Å². The molecular weight excluding hydrogens is 666 g/mol. The molecule has 11 heteroatoms. The van der Waals surface area contributed by atoms with Crippen molar-refractivity contribution < 1.29 is 49.3 Å². The molecule has 7 rings (SSSR count). The highest BCUT2D eigenvalue weighted by molar-refractivity contribution is 6.31. The van der Waals surface area contributed by atoms with Crippen LogP contribution in [0.25, 0.3) is 0 Å². The molecule has 1 saturated heterocycles. The molecule has 1 heterocycles. The maximum absolute atomic E-state index is 14.0. The number of nitrogens with zero attached hydrogens (tertiary/aromatic N) is 1. The summed E-state index contributed by atoms with van der Waals surface area (Å²) in [5.41, 5.74) is -0.555. The van der Waals surface area contributed by atoms with E-state index in [4.69, 9.17) is 14.2 Å². The Hall–Kier alpha value is -4.62. The molecule has 0 spiro atoms. The van der Waals surface area contributed by atoms with Crippen LogP contribution in [-0.2, 0) is 29.0 Å². The van der Waals surface area contributed by atoms with E-state index in [2.05, 4.69) is 4.90 Å². The molecule has 5 unspecified atom stereocenters. The van der Waals surface area contributed by atoms with Crippen molar-refractivity contribution in [2.24, 2.45) is 0 Å². The molecule has 3 aliphatic rings. The molecule has 0 amide bonds. The molecule has 0 saturated carbocycles. The summed E-state index contributed by atoms with van der Waals surface area (Å²) in [6, 6.07) is 23.9. The van der Waals surface area contributed by atoms with Crippen LogP contribution in [0.4, 0.5) is 0 Å². The number of aliphatic hydroxyl groups excluding tert-OH is 2. The molecule has 272 valence electrons. The molecule has 11 nitrogen and oxygen atoms in total. The molecule has 1 fully saturated rings. The van der Waals surface area contributed by atoms with Crippen LogP contribution >= 0.6 is 0 Å². The Morgan fingerprint density at radius 1 is 0.885 bits per heavy atom. The fraction of sp³-hybridized carbons (Fsp3) is 0.366. The van der Waals surface area contributed by atoms with Crippen LogP contribution in [0.1, 0.15) is 86.9 Å². The van der Waals surface area contributed by atoms with Crippen molar-refractivity contribution in [2.75, 3.05) is 7.11 Å². The maximum Gasteiger partial charge on any atom is 0.202 e. The lowest BCUT2D eigenvalue weighted by Crippen LogP contribution is -2.55. The summed E-state index contributed by atoms with van der Waals surface area (Å²) in [7, 11) is 1.37. The first kappa shape index (κ1) is 35.8. The van der Waals surface area contributed by atoms with E-state index < -0.39 is 76.5 Å². The Morgan fingerprint density at radius 2 is 1.50 bits per heavy atom. The summed E-state index contributed by atoms with van der Waals surface area (Å²) >= 11 is 0. The summed E-state index contributed by atoms with van der Waals surface area (Å²) in [4.78, 5) is 30.0. The molecule has 4 aromatic rings. The average Bonchev–Trinajstić information content (AvgIpc) is 3.13. The van der Waals surface area contributed by atoms with Crippen LogP contribution in [-0.4, -0.2) is 85.4 Å². The number of benzene rings is 4. The van der Waals surface area contributed by atoms with E-state index in [0.717, 1.165) is 11.1 Å². The molecule has 0 radical (unpaired) electrons. The Morgan fingerprint density at radius 3 is 2.10 bits per heavy atom. The first-order valence-corrected chi connectivity index (χ1v) is 17.5. The molecule has 7 atom stereocenters. The van der Waals surface area contributed by atoms with Crippen LogP contribution in [0, 0.1) is 0 Å². The van der Waals surface area contributed by atoms with Crippen LogP contribution in [0.3, 0.4) is 0 Å². The SMILES string of the molecule is COc1cccc2c1C(=O)c1c(O)c3c(c(O)c1C2=O)C[C@@](O)(C(C)O)C[C@@H]3OC1CC(N(Cc2ccccc2)Cc2ccccc2)C(O)C(C)O1. The Kier molecular flexibility index (Phi) is 9.68. The largest absolute Gasteiger partial charge is 0.507 e. The first-order chi connectivity index (χ1) is 24.9. The lowest BCUT2D eigenvalue weighted by atomic mass is 9.71. The van der Waals surface area contributed by atoms with Crippen molar-refractivity contribution >= 4 is 11.6 Å². The first-order valence-electron chi connectivity index (χ1n) is 17.5. The van der Waals surface area contributed by atoms with Crippen LogP contribution < -0.4 is 4.74 Å². The number of phenols is 2. The summed E-state index contributed by atoms with van der Waals surface area (Å²) in [6.07, 6.45) is -5.46. The highest BCUT2D eigenvalue weighted by Gasteiger charge is 2.50. The maximum atomic E-state index is 14.0. The standard InChI is InChI=1S/C41H43NO10/c1-22-36(44)28(42(20-24-11-6-4-7-12-24)21-25-13-8-5-9-14-25)17-31(51-22)52-30-19-41(49,23(2)43)18-27-33(30)40(48)35-34(38(27)46)37(45)26-15-10-16-29(50-3)32(26)39(35)47/h4-16,22-23,28,30-31,36,43-44,46,48-49H,17-21H2,1-3H3/t22?,23?,28?,30-,31?,36?,41-/m0/s1. The second-order valence-electron chi connectivity index (χ2n) is 14.1. The Balaban J connectivity index is 1.27. The van der Waals surface area contributed by atoms with Crippen molar-refractivity contribution in [3.63, 3.8) is 0 Å². The van der Waals surface area contributed by atoms with Crippen molar-refractivity contribution in [3.05, 3.63) is 123 Å². The highest BCUT2D eigenvalue weighted by atomic mass is 16.7. The average molecular weight is 710 g/mol. The Bertz CT molecular complexity index is 1940. The third-order valence-electron chi connectivity index (χ3n) is 10.8.